The summed E-state index contributed by atoms with van der Waals surface area (Å²) in [6.45, 7) is 3.25. The summed E-state index contributed by atoms with van der Waals surface area (Å²) in [5.41, 5.74) is 1.16. The van der Waals surface area contributed by atoms with Gasteiger partial charge < -0.3 is 9.47 Å². The van der Waals surface area contributed by atoms with E-state index in [4.69, 9.17) is 14.7 Å². The van der Waals surface area contributed by atoms with E-state index < -0.39 is 35.5 Å². The third-order valence-electron chi connectivity index (χ3n) is 4.57. The van der Waals surface area contributed by atoms with Gasteiger partial charge in [0.15, 0.2) is 5.92 Å². The zero-order valence-electron chi connectivity index (χ0n) is 16.7. The fourth-order valence-corrected chi connectivity index (χ4v) is 3.27. The minimum Gasteiger partial charge on any atom is -0.465 e. The number of nitrogens with zero attached hydrogens (tertiary/aromatic N) is 2. The molecule has 0 amide bonds. The van der Waals surface area contributed by atoms with Crippen LogP contribution < -0.4 is 0 Å². The predicted octanol–water partition coefficient (Wildman–Crippen LogP) is 3.83. The highest BCUT2D eigenvalue weighted by Gasteiger charge is 2.43. The van der Waals surface area contributed by atoms with Crippen molar-refractivity contribution < 1.29 is 23.5 Å². The summed E-state index contributed by atoms with van der Waals surface area (Å²) in [6.07, 6.45) is 0. The van der Waals surface area contributed by atoms with Crippen molar-refractivity contribution in [2.24, 2.45) is 5.92 Å². The number of rotatable bonds is 8. The zero-order valence-corrected chi connectivity index (χ0v) is 16.7. The van der Waals surface area contributed by atoms with Crippen LogP contribution >= 0.6 is 0 Å². The van der Waals surface area contributed by atoms with Crippen LogP contribution in [0.3, 0.4) is 0 Å². The Balaban J connectivity index is 2.67. The van der Waals surface area contributed by atoms with Gasteiger partial charge >= 0.3 is 11.9 Å². The summed E-state index contributed by atoms with van der Waals surface area (Å²) < 4.78 is 24.2. The summed E-state index contributed by atoms with van der Waals surface area (Å²) >= 11 is 0. The topological polar surface area (TPSA) is 100 Å². The van der Waals surface area contributed by atoms with Crippen LogP contribution in [0.15, 0.2) is 48.5 Å². The lowest BCUT2D eigenvalue weighted by molar-refractivity contribution is -0.163. The Hall–Kier alpha value is -3.71. The molecular weight excluding hydrogens is 387 g/mol. The van der Waals surface area contributed by atoms with Crippen LogP contribution in [-0.4, -0.2) is 25.2 Å². The Morgan fingerprint density at radius 3 is 2.03 bits per heavy atom. The number of esters is 2. The van der Waals surface area contributed by atoms with E-state index >= 15 is 0 Å². The second-order valence-electron chi connectivity index (χ2n) is 6.40. The lowest BCUT2D eigenvalue weighted by Crippen LogP contribution is -2.36. The number of hydrogen-bond donors (Lipinski definition) is 0. The second kappa shape index (κ2) is 10.7. The SMILES string of the molecule is CCOC(=O)C(C(=O)OCC)[C@H](c1cccc(F)c1)[C@@H](C#N)c1ccc(C#N)cc1. The van der Waals surface area contributed by atoms with Gasteiger partial charge in [-0.3, -0.25) is 9.59 Å². The van der Waals surface area contributed by atoms with Crippen LogP contribution in [0.5, 0.6) is 0 Å². The third kappa shape index (κ3) is 5.21. The third-order valence-corrected chi connectivity index (χ3v) is 4.57. The van der Waals surface area contributed by atoms with Crippen molar-refractivity contribution in [2.75, 3.05) is 13.2 Å². The molecule has 0 radical (unpaired) electrons. The number of hydrogen-bond acceptors (Lipinski definition) is 6. The number of ether oxygens (including phenoxy) is 2. The average Bonchev–Trinajstić information content (AvgIpc) is 2.74. The lowest BCUT2D eigenvalue weighted by atomic mass is 9.74. The Morgan fingerprint density at radius 2 is 1.57 bits per heavy atom. The van der Waals surface area contributed by atoms with Crippen LogP contribution in [-0.2, 0) is 19.1 Å². The number of nitriles is 2. The normalized spacial score (nSPS) is 12.3. The lowest BCUT2D eigenvalue weighted by Gasteiger charge is -2.28. The Labute approximate surface area is 174 Å². The molecule has 0 fully saturated rings. The molecule has 0 N–H and O–H groups in total. The van der Waals surface area contributed by atoms with Crippen molar-refractivity contribution >= 4 is 11.9 Å². The van der Waals surface area contributed by atoms with Crippen LogP contribution in [0.25, 0.3) is 0 Å². The molecule has 30 heavy (non-hydrogen) atoms. The number of carbonyl (C=O) groups excluding carboxylic acids is 2. The maximum atomic E-state index is 14.0. The maximum Gasteiger partial charge on any atom is 0.321 e. The van der Waals surface area contributed by atoms with Gasteiger partial charge in [-0.15, -0.1) is 0 Å². The van der Waals surface area contributed by atoms with Crippen LogP contribution in [0.1, 0.15) is 42.4 Å². The molecule has 0 aliphatic carbocycles. The van der Waals surface area contributed by atoms with E-state index in [2.05, 4.69) is 6.07 Å². The summed E-state index contributed by atoms with van der Waals surface area (Å²) in [5.74, 6) is -5.79. The van der Waals surface area contributed by atoms with Gasteiger partial charge in [-0.1, -0.05) is 24.3 Å². The van der Waals surface area contributed by atoms with Gasteiger partial charge in [0.2, 0.25) is 0 Å². The van der Waals surface area contributed by atoms with Crippen molar-refractivity contribution in [3.63, 3.8) is 0 Å². The van der Waals surface area contributed by atoms with Crippen LogP contribution in [0, 0.1) is 34.4 Å². The monoisotopic (exact) mass is 408 g/mol. The fraction of sp³-hybridized carbons (Fsp3) is 0.304. The predicted molar refractivity (Wildman–Crippen MR) is 105 cm³/mol. The van der Waals surface area contributed by atoms with Crippen molar-refractivity contribution in [3.05, 3.63) is 71.0 Å². The Morgan fingerprint density at radius 1 is 0.967 bits per heavy atom. The van der Waals surface area contributed by atoms with Gasteiger partial charge in [-0.05, 0) is 49.2 Å². The van der Waals surface area contributed by atoms with E-state index in [1.54, 1.807) is 32.0 Å². The molecule has 0 aliphatic rings. The molecule has 7 heteroatoms. The van der Waals surface area contributed by atoms with E-state index in [0.717, 1.165) is 0 Å². The second-order valence-corrected chi connectivity index (χ2v) is 6.40. The van der Waals surface area contributed by atoms with Crippen molar-refractivity contribution in [2.45, 2.75) is 25.7 Å². The zero-order chi connectivity index (χ0) is 22.1. The van der Waals surface area contributed by atoms with E-state index in [9.17, 15) is 19.2 Å². The number of halogens is 1. The van der Waals surface area contributed by atoms with E-state index in [0.29, 0.717) is 11.1 Å². The summed E-state index contributed by atoms with van der Waals surface area (Å²) in [7, 11) is 0. The molecule has 2 aromatic rings. The average molecular weight is 408 g/mol. The number of benzene rings is 2. The molecule has 154 valence electrons. The fourth-order valence-electron chi connectivity index (χ4n) is 3.27. The van der Waals surface area contributed by atoms with Crippen molar-refractivity contribution in [1.82, 2.24) is 0 Å². The quantitative estimate of drug-likeness (QED) is 0.486. The minimum atomic E-state index is -1.47. The first-order valence-electron chi connectivity index (χ1n) is 9.45. The molecule has 0 aromatic heterocycles. The highest BCUT2D eigenvalue weighted by Crippen LogP contribution is 2.40. The molecule has 2 rings (SSSR count). The molecule has 6 nitrogen and oxygen atoms in total. The van der Waals surface area contributed by atoms with Gasteiger partial charge in [0.05, 0.1) is 36.8 Å². The molecule has 0 unspecified atom stereocenters. The molecule has 0 aliphatic heterocycles. The Kier molecular flexibility index (Phi) is 8.08. The van der Waals surface area contributed by atoms with Gasteiger partial charge in [0.1, 0.15) is 5.82 Å². The molecule has 0 saturated carbocycles. The van der Waals surface area contributed by atoms with Gasteiger partial charge in [0, 0.05) is 5.92 Å². The minimum absolute atomic E-state index is 0.0265. The van der Waals surface area contributed by atoms with E-state index in [1.807, 2.05) is 6.07 Å². The van der Waals surface area contributed by atoms with Crippen LogP contribution in [0.4, 0.5) is 4.39 Å². The molecule has 0 saturated heterocycles. The molecular formula is C23H21FN2O4. The summed E-state index contributed by atoms with van der Waals surface area (Å²) in [5, 5.41) is 19.0. The smallest absolute Gasteiger partial charge is 0.321 e. The first kappa shape index (κ1) is 22.6. The maximum absolute atomic E-state index is 14.0. The number of carbonyl (C=O) groups is 2. The largest absolute Gasteiger partial charge is 0.465 e. The van der Waals surface area contributed by atoms with Gasteiger partial charge in [0.25, 0.3) is 0 Å². The molecule has 0 bridgehead atoms. The van der Waals surface area contributed by atoms with E-state index in [-0.39, 0.29) is 18.8 Å². The van der Waals surface area contributed by atoms with Crippen molar-refractivity contribution in [3.8, 4) is 12.1 Å². The van der Waals surface area contributed by atoms with Gasteiger partial charge in [-0.25, -0.2) is 4.39 Å². The molecule has 0 spiro atoms. The molecule has 0 heterocycles. The molecule has 2 aromatic carbocycles. The summed E-state index contributed by atoms with van der Waals surface area (Å²) in [6, 6.07) is 15.7. The van der Waals surface area contributed by atoms with Crippen molar-refractivity contribution in [1.29, 1.82) is 10.5 Å². The first-order valence-corrected chi connectivity index (χ1v) is 9.45. The standard InChI is InChI=1S/C23H21FN2O4/c1-3-29-22(27)21(23(28)30-4-2)20(17-6-5-7-18(24)12-17)19(14-26)16-10-8-15(13-25)9-11-16/h5-12,19-21H,3-4H2,1-2H3/t19-,20+/m0/s1. The first-order chi connectivity index (χ1) is 14.5. The Bertz CT molecular complexity index is 958. The van der Waals surface area contributed by atoms with E-state index in [1.165, 1.54) is 30.3 Å². The molecule has 2 atom stereocenters. The van der Waals surface area contributed by atoms with Gasteiger partial charge in [-0.2, -0.15) is 10.5 Å². The van der Waals surface area contributed by atoms with Crippen LogP contribution in [0.2, 0.25) is 0 Å². The summed E-state index contributed by atoms with van der Waals surface area (Å²) in [4.78, 5) is 25.5. The highest BCUT2D eigenvalue weighted by atomic mass is 19.1. The highest BCUT2D eigenvalue weighted by molar-refractivity contribution is 5.96.